The van der Waals surface area contributed by atoms with Crippen molar-refractivity contribution >= 4 is 17.2 Å². The molecule has 3 saturated carbocycles. The van der Waals surface area contributed by atoms with E-state index < -0.39 is 0 Å². The lowest BCUT2D eigenvalue weighted by Gasteiger charge is -2.45. The Hall–Kier alpha value is -4.50. The Morgan fingerprint density at radius 1 is 0.788 bits per heavy atom. The van der Waals surface area contributed by atoms with Crippen molar-refractivity contribution in [3.63, 3.8) is 0 Å². The van der Waals surface area contributed by atoms with Gasteiger partial charge in [-0.3, -0.25) is 0 Å². The zero-order valence-electron chi connectivity index (χ0n) is 30.6. The van der Waals surface area contributed by atoms with E-state index >= 15 is 0 Å². The lowest BCUT2D eigenvalue weighted by molar-refractivity contribution is 0.0754. The summed E-state index contributed by atoms with van der Waals surface area (Å²) in [6.45, 7) is 5.03. The molecular formula is C49H49N3. The first kappa shape index (κ1) is 31.1. The maximum Gasteiger partial charge on any atom is 0.150 e. The summed E-state index contributed by atoms with van der Waals surface area (Å²) in [5, 5.41) is 3.67. The number of hydrogen-bond acceptors (Lipinski definition) is 3. The van der Waals surface area contributed by atoms with Gasteiger partial charge in [0.1, 0.15) is 11.7 Å². The van der Waals surface area contributed by atoms with E-state index in [1.54, 1.807) is 27.9 Å². The van der Waals surface area contributed by atoms with Gasteiger partial charge in [-0.15, -0.1) is 0 Å². The molecule has 0 bridgehead atoms. The largest absolute Gasteiger partial charge is 0.324 e. The van der Waals surface area contributed by atoms with Gasteiger partial charge in [0.15, 0.2) is 6.17 Å². The number of amidine groups is 2. The maximum absolute atomic E-state index is 5.28. The van der Waals surface area contributed by atoms with Crippen LogP contribution >= 0.6 is 0 Å². The standard InChI is InChI=1S/C49H49N3/c1-47(2)41-29-39-40-24-13-21-35-30-49(35,40)48(25-10-5-11-26-48)42(39)28-38(41)37-23-14-22-36(43(37)47)33-19-12-20-34(27-33)46-51-44(31-15-6-3-7-16-31)50-45(52-46)32-17-8-4-9-18-32/h3-4,6-9,12-13,15-17,19-22,24,27-29,32,35,39,42,45H,5,10-11,14,18,23,25-26,30H2,1-2H3,(H,50,51,52). The smallest absolute Gasteiger partial charge is 0.150 e. The van der Waals surface area contributed by atoms with Gasteiger partial charge in [-0.25, -0.2) is 9.98 Å². The third kappa shape index (κ3) is 4.26. The van der Waals surface area contributed by atoms with Gasteiger partial charge in [0, 0.05) is 33.8 Å². The number of allylic oxidation sites excluding steroid dienone is 15. The number of benzene rings is 2. The molecular weight excluding hydrogens is 631 g/mol. The highest BCUT2D eigenvalue weighted by atomic mass is 15.2. The monoisotopic (exact) mass is 679 g/mol. The number of fused-ring (bicyclic) bond motifs is 5. The molecule has 3 heteroatoms. The molecule has 2 spiro atoms. The van der Waals surface area contributed by atoms with Crippen molar-refractivity contribution in [1.29, 1.82) is 0 Å². The van der Waals surface area contributed by atoms with E-state index in [2.05, 4.69) is 135 Å². The van der Waals surface area contributed by atoms with E-state index in [-0.39, 0.29) is 17.5 Å². The average Bonchev–Trinajstić information content (AvgIpc) is 3.88. The molecule has 2 aromatic rings. The van der Waals surface area contributed by atoms with Crippen molar-refractivity contribution in [2.75, 3.05) is 0 Å². The average molecular weight is 680 g/mol. The Kier molecular flexibility index (Phi) is 6.72. The minimum Gasteiger partial charge on any atom is -0.324 e. The summed E-state index contributed by atoms with van der Waals surface area (Å²) in [5.74, 6) is 4.02. The molecule has 9 aliphatic rings. The summed E-state index contributed by atoms with van der Waals surface area (Å²) in [5.41, 5.74) is 13.9. The fourth-order valence-electron chi connectivity index (χ4n) is 12.5. The Morgan fingerprint density at radius 2 is 1.60 bits per heavy atom. The first-order valence-corrected chi connectivity index (χ1v) is 20.2. The van der Waals surface area contributed by atoms with Crippen LogP contribution in [-0.4, -0.2) is 17.8 Å². The van der Waals surface area contributed by atoms with Crippen molar-refractivity contribution in [2.45, 2.75) is 77.8 Å². The van der Waals surface area contributed by atoms with E-state index in [0.717, 1.165) is 48.0 Å². The molecule has 0 radical (unpaired) electrons. The number of rotatable bonds is 4. The van der Waals surface area contributed by atoms with Crippen molar-refractivity contribution < 1.29 is 0 Å². The Balaban J connectivity index is 0.977. The molecule has 0 amide bonds. The molecule has 3 nitrogen and oxygen atoms in total. The second-order valence-electron chi connectivity index (χ2n) is 17.5. The highest BCUT2D eigenvalue weighted by Crippen LogP contribution is 2.82. The zero-order chi connectivity index (χ0) is 34.7. The number of hydrogen-bond donors (Lipinski definition) is 1. The molecule has 3 fully saturated rings. The third-order valence-electron chi connectivity index (χ3n) is 14.7. The summed E-state index contributed by atoms with van der Waals surface area (Å²) < 4.78 is 0. The molecule has 260 valence electrons. The summed E-state index contributed by atoms with van der Waals surface area (Å²) >= 11 is 0. The van der Waals surface area contributed by atoms with Crippen molar-refractivity contribution in [3.05, 3.63) is 160 Å². The van der Waals surface area contributed by atoms with Gasteiger partial charge in [-0.1, -0.05) is 148 Å². The van der Waals surface area contributed by atoms with E-state index in [0.29, 0.717) is 22.7 Å². The predicted molar refractivity (Wildman–Crippen MR) is 214 cm³/mol. The third-order valence-corrected chi connectivity index (χ3v) is 14.7. The van der Waals surface area contributed by atoms with E-state index in [1.807, 2.05) is 0 Å². The second-order valence-corrected chi connectivity index (χ2v) is 17.5. The summed E-state index contributed by atoms with van der Waals surface area (Å²) in [6.07, 6.45) is 36.0. The normalized spacial score (nSPS) is 34.0. The first-order valence-electron chi connectivity index (χ1n) is 20.2. The molecule has 6 unspecified atom stereocenters. The van der Waals surface area contributed by atoms with Crippen LogP contribution in [0.1, 0.15) is 88.3 Å². The fourth-order valence-corrected chi connectivity index (χ4v) is 12.5. The molecule has 1 aliphatic heterocycles. The van der Waals surface area contributed by atoms with E-state index in [1.165, 1.54) is 49.7 Å². The highest BCUT2D eigenvalue weighted by Gasteiger charge is 2.75. The van der Waals surface area contributed by atoms with Crippen LogP contribution in [0.15, 0.2) is 153 Å². The lowest BCUT2D eigenvalue weighted by Crippen LogP contribution is -2.39. The van der Waals surface area contributed by atoms with Gasteiger partial charge in [-0.2, -0.15) is 0 Å². The SMILES string of the molecule is CC1(C)C2=CC3C4=CC=CC5CC45C4(CCCCC4)C3C=C2C2=C1C(c1cccc(C3=NC(C4C=CC=CC4)N=C(c4ccccc4)N3)c1)=CCC2. The topological polar surface area (TPSA) is 36.8 Å². The van der Waals surface area contributed by atoms with Crippen LogP contribution in [0.2, 0.25) is 0 Å². The molecule has 1 N–H and O–H groups in total. The summed E-state index contributed by atoms with van der Waals surface area (Å²) in [6, 6.07) is 19.7. The van der Waals surface area contributed by atoms with Crippen molar-refractivity contribution in [3.8, 4) is 0 Å². The minimum atomic E-state index is -0.165. The summed E-state index contributed by atoms with van der Waals surface area (Å²) in [7, 11) is 0. The maximum atomic E-state index is 5.28. The van der Waals surface area contributed by atoms with Gasteiger partial charge in [-0.05, 0) is 95.3 Å². The zero-order valence-corrected chi connectivity index (χ0v) is 30.6. The van der Waals surface area contributed by atoms with Crippen LogP contribution in [0, 0.1) is 39.9 Å². The van der Waals surface area contributed by atoms with Crippen LogP contribution < -0.4 is 5.32 Å². The quantitative estimate of drug-likeness (QED) is 0.343. The van der Waals surface area contributed by atoms with Gasteiger partial charge in [0.05, 0.1) is 0 Å². The van der Waals surface area contributed by atoms with Crippen LogP contribution in [0.4, 0.5) is 0 Å². The van der Waals surface area contributed by atoms with Crippen LogP contribution in [0.5, 0.6) is 0 Å². The predicted octanol–water partition coefficient (Wildman–Crippen LogP) is 11.0. The Labute approximate surface area is 309 Å². The van der Waals surface area contributed by atoms with E-state index in [4.69, 9.17) is 9.98 Å². The molecule has 6 atom stereocenters. The highest BCUT2D eigenvalue weighted by molar-refractivity contribution is 6.16. The molecule has 0 aromatic heterocycles. The van der Waals surface area contributed by atoms with Crippen LogP contribution in [-0.2, 0) is 0 Å². The molecule has 52 heavy (non-hydrogen) atoms. The number of nitrogens with zero attached hydrogens (tertiary/aromatic N) is 2. The molecule has 0 saturated heterocycles. The number of nitrogens with one attached hydrogen (secondary N) is 1. The van der Waals surface area contributed by atoms with Crippen LogP contribution in [0.25, 0.3) is 5.57 Å². The second kappa shape index (κ2) is 11.3. The van der Waals surface area contributed by atoms with Gasteiger partial charge < -0.3 is 5.32 Å². The van der Waals surface area contributed by atoms with Gasteiger partial charge in [0.2, 0.25) is 0 Å². The van der Waals surface area contributed by atoms with Gasteiger partial charge >= 0.3 is 0 Å². The number of aliphatic imine (C=N–C) groups is 2. The molecule has 8 aliphatic carbocycles. The van der Waals surface area contributed by atoms with Crippen molar-refractivity contribution in [1.82, 2.24) is 5.32 Å². The Morgan fingerprint density at radius 3 is 2.42 bits per heavy atom. The molecule has 2 aromatic carbocycles. The van der Waals surface area contributed by atoms with Crippen molar-refractivity contribution in [2.24, 2.45) is 49.9 Å². The molecule has 1 heterocycles. The van der Waals surface area contributed by atoms with Crippen LogP contribution in [0.3, 0.4) is 0 Å². The summed E-state index contributed by atoms with van der Waals surface area (Å²) in [4.78, 5) is 10.4. The Bertz CT molecular complexity index is 2200. The van der Waals surface area contributed by atoms with E-state index in [9.17, 15) is 0 Å². The van der Waals surface area contributed by atoms with Gasteiger partial charge in [0.25, 0.3) is 0 Å². The molecule has 11 rings (SSSR count). The lowest BCUT2D eigenvalue weighted by atomic mass is 9.58. The first-order chi connectivity index (χ1) is 25.5. The minimum absolute atomic E-state index is 0.0441. The fraction of sp³-hybridized carbons (Fsp3) is 0.388.